The first-order valence-electron chi connectivity index (χ1n) is 8.60. The topological polar surface area (TPSA) is 94.7 Å². The molecule has 1 heterocycles. The molecule has 0 spiro atoms. The summed E-state index contributed by atoms with van der Waals surface area (Å²) >= 11 is 5.81. The zero-order valence-electron chi connectivity index (χ0n) is 16.3. The molecule has 28 heavy (non-hydrogen) atoms. The lowest BCUT2D eigenvalue weighted by Crippen LogP contribution is -2.33. The van der Waals surface area contributed by atoms with E-state index in [1.807, 2.05) is 0 Å². The number of Topliss-reactive ketones (excluding diaryl/α,β-unsaturated/α-hetero) is 1. The van der Waals surface area contributed by atoms with Crippen LogP contribution in [0.5, 0.6) is 5.75 Å². The van der Waals surface area contributed by atoms with Crippen LogP contribution < -0.4 is 4.74 Å². The van der Waals surface area contributed by atoms with Crippen molar-refractivity contribution in [2.45, 2.75) is 39.9 Å². The van der Waals surface area contributed by atoms with Gasteiger partial charge in [-0.25, -0.2) is 9.59 Å². The van der Waals surface area contributed by atoms with E-state index in [0.717, 1.165) is 0 Å². The van der Waals surface area contributed by atoms with Gasteiger partial charge in [-0.3, -0.25) is 4.79 Å². The lowest BCUT2D eigenvalue weighted by atomic mass is 10.1. The van der Waals surface area contributed by atoms with Crippen molar-refractivity contribution in [1.29, 1.82) is 0 Å². The Bertz CT molecular complexity index is 887. The number of methoxy groups -OCH3 is 1. The number of carbonyl (C=O) groups is 3. The van der Waals surface area contributed by atoms with Gasteiger partial charge in [0.2, 0.25) is 5.78 Å². The van der Waals surface area contributed by atoms with Gasteiger partial charge in [-0.05, 0) is 57.5 Å². The Hall–Kier alpha value is -2.80. The largest absolute Gasteiger partial charge is 0.479 e. The Balaban J connectivity index is 2.06. The molecule has 0 saturated carbocycles. The second-order valence-corrected chi connectivity index (χ2v) is 6.71. The summed E-state index contributed by atoms with van der Waals surface area (Å²) in [4.78, 5) is 39.7. The minimum atomic E-state index is -1.06. The van der Waals surface area contributed by atoms with Crippen molar-refractivity contribution in [2.24, 2.45) is 0 Å². The predicted molar refractivity (Wildman–Crippen MR) is 103 cm³/mol. The van der Waals surface area contributed by atoms with Crippen LogP contribution in [0.3, 0.4) is 0 Å². The van der Waals surface area contributed by atoms with Crippen molar-refractivity contribution in [1.82, 2.24) is 4.98 Å². The van der Waals surface area contributed by atoms with E-state index in [9.17, 15) is 14.4 Å². The van der Waals surface area contributed by atoms with Crippen LogP contribution in [-0.4, -0.2) is 42.0 Å². The molecule has 0 bridgehead atoms. The monoisotopic (exact) mass is 407 g/mol. The number of aromatic nitrogens is 1. The van der Waals surface area contributed by atoms with E-state index in [2.05, 4.69) is 4.98 Å². The standard InChI is InChI=1S/C20H22ClNO6/c1-10-16(20(25)26-5)11(2)22-17(10)18(23)12(3)28-19(24)13(4)27-15-8-6-14(21)7-9-15/h6-9,12-13,22H,1-5H3/t12-,13-/m1/s1. The highest BCUT2D eigenvalue weighted by atomic mass is 35.5. The van der Waals surface area contributed by atoms with E-state index in [-0.39, 0.29) is 5.69 Å². The average molecular weight is 408 g/mol. The number of ketones is 1. The van der Waals surface area contributed by atoms with Gasteiger partial charge < -0.3 is 19.2 Å². The molecule has 0 aliphatic rings. The summed E-state index contributed by atoms with van der Waals surface area (Å²) in [7, 11) is 1.27. The minimum Gasteiger partial charge on any atom is -0.479 e. The van der Waals surface area contributed by atoms with Crippen molar-refractivity contribution in [3.8, 4) is 5.75 Å². The maximum atomic E-state index is 12.7. The molecule has 0 fully saturated rings. The van der Waals surface area contributed by atoms with Crippen LogP contribution in [0.2, 0.25) is 5.02 Å². The molecule has 0 aliphatic carbocycles. The number of aryl methyl sites for hydroxylation is 1. The normalized spacial score (nSPS) is 12.8. The maximum Gasteiger partial charge on any atom is 0.347 e. The number of carbonyl (C=O) groups excluding carboxylic acids is 3. The number of esters is 2. The molecular formula is C20H22ClNO6. The third kappa shape index (κ3) is 4.72. The molecule has 1 N–H and O–H groups in total. The molecular weight excluding hydrogens is 386 g/mol. The van der Waals surface area contributed by atoms with Crippen LogP contribution >= 0.6 is 11.6 Å². The smallest absolute Gasteiger partial charge is 0.347 e. The van der Waals surface area contributed by atoms with E-state index in [0.29, 0.717) is 27.6 Å². The average Bonchev–Trinajstić information content (AvgIpc) is 2.96. The highest BCUT2D eigenvalue weighted by molar-refractivity contribution is 6.30. The van der Waals surface area contributed by atoms with Gasteiger partial charge >= 0.3 is 11.9 Å². The molecule has 1 aromatic carbocycles. The fraction of sp³-hybridized carbons (Fsp3) is 0.350. The number of hydrogen-bond acceptors (Lipinski definition) is 6. The fourth-order valence-corrected chi connectivity index (χ4v) is 2.82. The molecule has 0 saturated heterocycles. The Kier molecular flexibility index (Phi) is 6.85. The third-order valence-electron chi connectivity index (χ3n) is 4.19. The van der Waals surface area contributed by atoms with E-state index in [1.54, 1.807) is 38.1 Å². The number of nitrogens with one attached hydrogen (secondary N) is 1. The number of halogens is 1. The third-order valence-corrected chi connectivity index (χ3v) is 4.45. The van der Waals surface area contributed by atoms with E-state index in [4.69, 9.17) is 25.8 Å². The van der Waals surface area contributed by atoms with E-state index >= 15 is 0 Å². The maximum absolute atomic E-state index is 12.7. The predicted octanol–water partition coefficient (Wildman–Crippen LogP) is 3.65. The molecule has 0 aliphatic heterocycles. The summed E-state index contributed by atoms with van der Waals surface area (Å²) in [6.45, 7) is 6.27. The Morgan fingerprint density at radius 3 is 2.21 bits per heavy atom. The summed E-state index contributed by atoms with van der Waals surface area (Å²) in [5.74, 6) is -1.24. The van der Waals surface area contributed by atoms with Crippen LogP contribution in [0.4, 0.5) is 0 Å². The molecule has 2 rings (SSSR count). The first-order chi connectivity index (χ1) is 13.1. The number of benzene rings is 1. The van der Waals surface area contributed by atoms with Crippen molar-refractivity contribution < 1.29 is 28.6 Å². The minimum absolute atomic E-state index is 0.199. The number of H-pyrrole nitrogens is 1. The molecule has 2 aromatic rings. The SMILES string of the molecule is COC(=O)c1c(C)[nH]c(C(=O)[C@@H](C)OC(=O)[C@@H](C)Oc2ccc(Cl)cc2)c1C. The number of ether oxygens (including phenoxy) is 3. The Morgan fingerprint density at radius 1 is 1.04 bits per heavy atom. The van der Waals surface area contributed by atoms with Gasteiger partial charge in [0.15, 0.2) is 12.2 Å². The fourth-order valence-electron chi connectivity index (χ4n) is 2.70. The van der Waals surface area contributed by atoms with Gasteiger partial charge in [-0.1, -0.05) is 11.6 Å². The van der Waals surface area contributed by atoms with Gasteiger partial charge in [0.25, 0.3) is 0 Å². The Morgan fingerprint density at radius 2 is 1.64 bits per heavy atom. The summed E-state index contributed by atoms with van der Waals surface area (Å²) in [6, 6.07) is 6.52. The summed E-state index contributed by atoms with van der Waals surface area (Å²) in [5, 5.41) is 0.546. The second-order valence-electron chi connectivity index (χ2n) is 6.27. The van der Waals surface area contributed by atoms with Crippen molar-refractivity contribution in [3.63, 3.8) is 0 Å². The van der Waals surface area contributed by atoms with Gasteiger partial charge in [0.1, 0.15) is 5.75 Å². The number of hydrogen-bond donors (Lipinski definition) is 1. The number of rotatable bonds is 7. The van der Waals surface area contributed by atoms with Crippen LogP contribution in [0, 0.1) is 13.8 Å². The second kappa shape index (κ2) is 8.93. The summed E-state index contributed by atoms with van der Waals surface area (Å²) < 4.78 is 15.5. The van der Waals surface area contributed by atoms with E-state index in [1.165, 1.54) is 21.0 Å². The summed E-state index contributed by atoms with van der Waals surface area (Å²) in [5.41, 5.74) is 1.45. The van der Waals surface area contributed by atoms with Crippen molar-refractivity contribution in [3.05, 3.63) is 51.8 Å². The molecule has 8 heteroatoms. The molecule has 7 nitrogen and oxygen atoms in total. The van der Waals surface area contributed by atoms with Crippen LogP contribution in [0.15, 0.2) is 24.3 Å². The zero-order chi connectivity index (χ0) is 21.0. The lowest BCUT2D eigenvalue weighted by molar-refractivity contribution is -0.153. The lowest BCUT2D eigenvalue weighted by Gasteiger charge is -2.17. The van der Waals surface area contributed by atoms with Gasteiger partial charge in [-0.2, -0.15) is 0 Å². The molecule has 1 aromatic heterocycles. The highest BCUT2D eigenvalue weighted by Gasteiger charge is 2.29. The first kappa shape index (κ1) is 21.5. The molecule has 2 atom stereocenters. The van der Waals surface area contributed by atoms with Gasteiger partial charge in [0.05, 0.1) is 18.4 Å². The van der Waals surface area contributed by atoms with E-state index < -0.39 is 29.9 Å². The van der Waals surface area contributed by atoms with Crippen molar-refractivity contribution in [2.75, 3.05) is 7.11 Å². The molecule has 0 radical (unpaired) electrons. The van der Waals surface area contributed by atoms with Gasteiger partial charge in [-0.15, -0.1) is 0 Å². The van der Waals surface area contributed by atoms with Gasteiger partial charge in [0, 0.05) is 10.7 Å². The van der Waals surface area contributed by atoms with Crippen molar-refractivity contribution >= 4 is 29.3 Å². The van der Waals surface area contributed by atoms with Crippen LogP contribution in [0.1, 0.15) is 46.0 Å². The Labute approximate surface area is 167 Å². The number of aromatic amines is 1. The highest BCUT2D eigenvalue weighted by Crippen LogP contribution is 2.21. The molecule has 150 valence electrons. The molecule has 0 amide bonds. The van der Waals surface area contributed by atoms with Crippen LogP contribution in [-0.2, 0) is 14.3 Å². The van der Waals surface area contributed by atoms with Crippen LogP contribution in [0.25, 0.3) is 0 Å². The zero-order valence-corrected chi connectivity index (χ0v) is 17.0. The first-order valence-corrected chi connectivity index (χ1v) is 8.97. The quantitative estimate of drug-likeness (QED) is 0.556. The molecule has 0 unspecified atom stereocenters. The summed E-state index contributed by atoms with van der Waals surface area (Å²) in [6.07, 6.45) is -1.99.